The molecule has 0 amide bonds. The quantitative estimate of drug-likeness (QED) is 0.718. The molecular formula is C23H25N3O. The molecule has 1 aliphatic rings. The minimum Gasteiger partial charge on any atom is -0.493 e. The molecule has 1 unspecified atom stereocenters. The minimum atomic E-state index is 0.195. The number of para-hydroxylation sites is 1. The number of hydrogen-bond acceptors (Lipinski definition) is 4. The first-order valence-corrected chi connectivity index (χ1v) is 9.48. The van der Waals surface area contributed by atoms with E-state index in [1.54, 1.807) is 0 Å². The molecule has 2 aromatic carbocycles. The van der Waals surface area contributed by atoms with Crippen LogP contribution in [0.1, 0.15) is 46.2 Å². The van der Waals surface area contributed by atoms with E-state index in [4.69, 9.17) is 9.72 Å². The van der Waals surface area contributed by atoms with Crippen molar-refractivity contribution in [2.45, 2.75) is 39.7 Å². The minimum absolute atomic E-state index is 0.195. The number of aromatic nitrogens is 2. The zero-order valence-electron chi connectivity index (χ0n) is 16.1. The van der Waals surface area contributed by atoms with Gasteiger partial charge < -0.3 is 10.1 Å². The predicted molar refractivity (Wildman–Crippen MR) is 108 cm³/mol. The molecule has 1 aliphatic heterocycles. The molecule has 0 saturated carbocycles. The molecule has 1 aromatic heterocycles. The molecule has 4 nitrogen and oxygen atoms in total. The van der Waals surface area contributed by atoms with Crippen LogP contribution >= 0.6 is 0 Å². The predicted octanol–water partition coefficient (Wildman–Crippen LogP) is 4.93. The van der Waals surface area contributed by atoms with Crippen LogP contribution < -0.4 is 10.1 Å². The first kappa shape index (κ1) is 17.5. The summed E-state index contributed by atoms with van der Waals surface area (Å²) >= 11 is 0. The Morgan fingerprint density at radius 2 is 1.78 bits per heavy atom. The van der Waals surface area contributed by atoms with Crippen molar-refractivity contribution < 1.29 is 4.74 Å². The molecule has 0 fully saturated rings. The molecule has 0 radical (unpaired) electrons. The Balaban J connectivity index is 1.67. The molecule has 1 N–H and O–H groups in total. The van der Waals surface area contributed by atoms with E-state index in [9.17, 15) is 0 Å². The standard InChI is InChI=1S/C23H25N3O/c1-15-8-10-18(11-9-15)14-20-16(2)24-17(3)25-23(20)26-21-12-13-27-22-7-5-4-6-19(21)22/h4-11,21H,12-14H2,1-3H3,(H,24,25,26). The monoisotopic (exact) mass is 359 g/mol. The molecule has 0 aliphatic carbocycles. The Hall–Kier alpha value is -2.88. The van der Waals surface area contributed by atoms with E-state index in [-0.39, 0.29) is 6.04 Å². The number of rotatable bonds is 4. The number of fused-ring (bicyclic) bond motifs is 1. The van der Waals surface area contributed by atoms with Gasteiger partial charge >= 0.3 is 0 Å². The highest BCUT2D eigenvalue weighted by molar-refractivity contribution is 5.52. The van der Waals surface area contributed by atoms with E-state index in [1.165, 1.54) is 16.7 Å². The summed E-state index contributed by atoms with van der Waals surface area (Å²) in [5.41, 5.74) is 5.93. The van der Waals surface area contributed by atoms with Gasteiger partial charge in [0.2, 0.25) is 0 Å². The van der Waals surface area contributed by atoms with Crippen LogP contribution in [0, 0.1) is 20.8 Å². The maximum atomic E-state index is 5.80. The smallest absolute Gasteiger partial charge is 0.133 e. The Morgan fingerprint density at radius 1 is 1.00 bits per heavy atom. The van der Waals surface area contributed by atoms with Gasteiger partial charge in [-0.05, 0) is 32.4 Å². The van der Waals surface area contributed by atoms with Crippen molar-refractivity contribution in [2.75, 3.05) is 11.9 Å². The zero-order valence-corrected chi connectivity index (χ0v) is 16.1. The summed E-state index contributed by atoms with van der Waals surface area (Å²) in [6, 6.07) is 17.1. The van der Waals surface area contributed by atoms with E-state index in [2.05, 4.69) is 60.5 Å². The second-order valence-electron chi connectivity index (χ2n) is 7.22. The van der Waals surface area contributed by atoms with Gasteiger partial charge in [0, 0.05) is 29.7 Å². The molecular weight excluding hydrogens is 334 g/mol. The molecule has 0 bridgehead atoms. The normalized spacial score (nSPS) is 15.7. The summed E-state index contributed by atoms with van der Waals surface area (Å²) < 4.78 is 5.80. The molecule has 4 heteroatoms. The van der Waals surface area contributed by atoms with Crippen LogP contribution in [-0.4, -0.2) is 16.6 Å². The Bertz CT molecular complexity index is 950. The van der Waals surface area contributed by atoms with Crippen molar-refractivity contribution in [3.63, 3.8) is 0 Å². The van der Waals surface area contributed by atoms with Gasteiger partial charge in [0.1, 0.15) is 17.4 Å². The van der Waals surface area contributed by atoms with E-state index in [0.717, 1.165) is 41.5 Å². The van der Waals surface area contributed by atoms with Crippen LogP contribution in [-0.2, 0) is 6.42 Å². The third-order valence-electron chi connectivity index (χ3n) is 5.10. The maximum Gasteiger partial charge on any atom is 0.133 e. The Kier molecular flexibility index (Phi) is 4.80. The van der Waals surface area contributed by atoms with Crippen molar-refractivity contribution in [3.05, 3.63) is 82.3 Å². The fraction of sp³-hybridized carbons (Fsp3) is 0.304. The highest BCUT2D eigenvalue weighted by Gasteiger charge is 2.23. The van der Waals surface area contributed by atoms with Gasteiger partial charge in [-0.15, -0.1) is 0 Å². The third-order valence-corrected chi connectivity index (χ3v) is 5.10. The topological polar surface area (TPSA) is 47.0 Å². The maximum absolute atomic E-state index is 5.80. The zero-order chi connectivity index (χ0) is 18.8. The fourth-order valence-corrected chi connectivity index (χ4v) is 3.63. The van der Waals surface area contributed by atoms with Gasteiger partial charge in [0.05, 0.1) is 12.6 Å². The summed E-state index contributed by atoms with van der Waals surface area (Å²) in [5.74, 6) is 2.69. The van der Waals surface area contributed by atoms with E-state index < -0.39 is 0 Å². The first-order valence-electron chi connectivity index (χ1n) is 9.48. The Morgan fingerprint density at radius 3 is 2.59 bits per heavy atom. The van der Waals surface area contributed by atoms with Crippen molar-refractivity contribution >= 4 is 5.82 Å². The number of nitrogens with zero attached hydrogens (tertiary/aromatic N) is 2. The highest BCUT2D eigenvalue weighted by Crippen LogP contribution is 2.35. The molecule has 1 atom stereocenters. The van der Waals surface area contributed by atoms with Crippen molar-refractivity contribution in [3.8, 4) is 5.75 Å². The van der Waals surface area contributed by atoms with Gasteiger partial charge in [-0.3, -0.25) is 0 Å². The van der Waals surface area contributed by atoms with Gasteiger partial charge in [0.15, 0.2) is 0 Å². The molecule has 2 heterocycles. The summed E-state index contributed by atoms with van der Waals surface area (Å²) in [4.78, 5) is 9.36. The van der Waals surface area contributed by atoms with Gasteiger partial charge in [-0.1, -0.05) is 48.0 Å². The van der Waals surface area contributed by atoms with E-state index in [1.807, 2.05) is 19.1 Å². The lowest BCUT2D eigenvalue weighted by atomic mass is 9.99. The summed E-state index contributed by atoms with van der Waals surface area (Å²) in [5, 5.41) is 3.69. The van der Waals surface area contributed by atoms with Gasteiger partial charge in [0.25, 0.3) is 0 Å². The average Bonchev–Trinajstić information content (AvgIpc) is 2.66. The number of aryl methyl sites for hydroxylation is 3. The summed E-state index contributed by atoms with van der Waals surface area (Å²) in [7, 11) is 0. The van der Waals surface area contributed by atoms with Crippen molar-refractivity contribution in [2.24, 2.45) is 0 Å². The number of hydrogen-bond donors (Lipinski definition) is 1. The van der Waals surface area contributed by atoms with Crippen LogP contribution in [0.2, 0.25) is 0 Å². The lowest BCUT2D eigenvalue weighted by Gasteiger charge is -2.28. The van der Waals surface area contributed by atoms with Crippen LogP contribution in [0.25, 0.3) is 0 Å². The molecule has 27 heavy (non-hydrogen) atoms. The van der Waals surface area contributed by atoms with Crippen molar-refractivity contribution in [1.29, 1.82) is 0 Å². The number of ether oxygens (including phenoxy) is 1. The van der Waals surface area contributed by atoms with Crippen molar-refractivity contribution in [1.82, 2.24) is 9.97 Å². The third kappa shape index (κ3) is 3.80. The highest BCUT2D eigenvalue weighted by atomic mass is 16.5. The van der Waals surface area contributed by atoms with E-state index >= 15 is 0 Å². The summed E-state index contributed by atoms with van der Waals surface area (Å²) in [6.45, 7) is 6.84. The van der Waals surface area contributed by atoms with Gasteiger partial charge in [-0.2, -0.15) is 0 Å². The second kappa shape index (κ2) is 7.39. The van der Waals surface area contributed by atoms with E-state index in [0.29, 0.717) is 6.61 Å². The van der Waals surface area contributed by atoms with Crippen LogP contribution in [0.15, 0.2) is 48.5 Å². The molecule has 4 rings (SSSR count). The van der Waals surface area contributed by atoms with Crippen LogP contribution in [0.5, 0.6) is 5.75 Å². The molecule has 0 spiro atoms. The fourth-order valence-electron chi connectivity index (χ4n) is 3.63. The van der Waals surface area contributed by atoms with Crippen LogP contribution in [0.4, 0.5) is 5.82 Å². The number of nitrogens with one attached hydrogen (secondary N) is 1. The number of benzene rings is 2. The first-order chi connectivity index (χ1) is 13.1. The summed E-state index contributed by atoms with van der Waals surface area (Å²) in [6.07, 6.45) is 1.74. The van der Waals surface area contributed by atoms with Gasteiger partial charge in [-0.25, -0.2) is 9.97 Å². The Labute approximate surface area is 160 Å². The molecule has 3 aromatic rings. The molecule has 0 saturated heterocycles. The average molecular weight is 359 g/mol. The lowest BCUT2D eigenvalue weighted by Crippen LogP contribution is -2.22. The largest absolute Gasteiger partial charge is 0.493 e. The molecule has 138 valence electrons. The lowest BCUT2D eigenvalue weighted by molar-refractivity contribution is 0.274. The van der Waals surface area contributed by atoms with Crippen LogP contribution in [0.3, 0.4) is 0 Å². The number of anilines is 1. The SMILES string of the molecule is Cc1ccc(Cc2c(C)nc(C)nc2NC2CCOc3ccccc32)cc1. The second-order valence-corrected chi connectivity index (χ2v) is 7.22.